The molecule has 0 amide bonds. The predicted octanol–water partition coefficient (Wildman–Crippen LogP) is 3.11. The van der Waals surface area contributed by atoms with Crippen molar-refractivity contribution in [1.29, 1.82) is 0 Å². The van der Waals surface area contributed by atoms with Gasteiger partial charge in [-0.2, -0.15) is 0 Å². The number of aromatic nitrogens is 1. The first kappa shape index (κ1) is 9.00. The number of hydrogen-bond donors (Lipinski definition) is 0. The van der Waals surface area contributed by atoms with Gasteiger partial charge >= 0.3 is 0 Å². The summed E-state index contributed by atoms with van der Waals surface area (Å²) in [5.74, 6) is 1.73. The molecule has 1 aromatic rings. The van der Waals surface area contributed by atoms with Gasteiger partial charge in [-0.3, -0.25) is 4.98 Å². The second-order valence-electron chi connectivity index (χ2n) is 3.45. The highest BCUT2D eigenvalue weighted by molar-refractivity contribution is 7.99. The molecule has 0 unspecified atom stereocenters. The zero-order valence-corrected chi connectivity index (χ0v) is 8.19. The first-order valence-electron chi connectivity index (χ1n) is 4.58. The maximum absolute atomic E-state index is 12.7. The van der Waals surface area contributed by atoms with Crippen LogP contribution in [-0.2, 0) is 0 Å². The lowest BCUT2D eigenvalue weighted by molar-refractivity contribution is 0.353. The Kier molecular flexibility index (Phi) is 2.83. The molecular formula is C10H12FNS. The molecule has 0 spiro atoms. The van der Waals surface area contributed by atoms with Crippen LogP contribution in [0.1, 0.15) is 19.3 Å². The van der Waals surface area contributed by atoms with Crippen molar-refractivity contribution in [2.45, 2.75) is 24.2 Å². The fraction of sp³-hybridized carbons (Fsp3) is 0.500. The second-order valence-corrected chi connectivity index (χ2v) is 4.54. The van der Waals surface area contributed by atoms with Gasteiger partial charge in [0.15, 0.2) is 0 Å². The van der Waals surface area contributed by atoms with Gasteiger partial charge in [0, 0.05) is 16.8 Å². The highest BCUT2D eigenvalue weighted by Gasteiger charge is 2.17. The standard InChI is InChI=1S/C10H12FNS/c11-9-4-10(6-12-5-9)13-7-8-2-1-3-8/h4-6,8H,1-3,7H2. The summed E-state index contributed by atoms with van der Waals surface area (Å²) in [6.07, 6.45) is 7.03. The van der Waals surface area contributed by atoms with Gasteiger partial charge in [0.05, 0.1) is 6.20 Å². The molecule has 1 fully saturated rings. The monoisotopic (exact) mass is 197 g/mol. The maximum atomic E-state index is 12.7. The number of thioether (sulfide) groups is 1. The zero-order chi connectivity index (χ0) is 9.10. The number of hydrogen-bond acceptors (Lipinski definition) is 2. The Hall–Kier alpha value is -0.570. The van der Waals surface area contributed by atoms with Crippen molar-refractivity contribution in [3.05, 3.63) is 24.3 Å². The van der Waals surface area contributed by atoms with Gasteiger partial charge in [-0.05, 0) is 24.8 Å². The summed E-state index contributed by atoms with van der Waals surface area (Å²) in [7, 11) is 0. The predicted molar refractivity (Wildman–Crippen MR) is 52.3 cm³/mol. The van der Waals surface area contributed by atoms with Gasteiger partial charge in [0.25, 0.3) is 0 Å². The third-order valence-electron chi connectivity index (χ3n) is 2.39. The molecule has 0 radical (unpaired) electrons. The van der Waals surface area contributed by atoms with Gasteiger partial charge in [0.2, 0.25) is 0 Å². The lowest BCUT2D eigenvalue weighted by atomic mass is 9.87. The third-order valence-corrected chi connectivity index (χ3v) is 3.58. The molecule has 2 rings (SSSR count). The minimum atomic E-state index is -0.237. The Morgan fingerprint density at radius 3 is 2.92 bits per heavy atom. The van der Waals surface area contributed by atoms with Crippen LogP contribution in [0.3, 0.4) is 0 Å². The topological polar surface area (TPSA) is 12.9 Å². The van der Waals surface area contributed by atoms with Crippen LogP contribution < -0.4 is 0 Å². The van der Waals surface area contributed by atoms with Crippen LogP contribution in [0.4, 0.5) is 4.39 Å². The summed E-state index contributed by atoms with van der Waals surface area (Å²) in [5, 5.41) is 0. The number of nitrogens with zero attached hydrogens (tertiary/aromatic N) is 1. The van der Waals surface area contributed by atoms with Crippen molar-refractivity contribution in [3.8, 4) is 0 Å². The molecule has 0 atom stereocenters. The van der Waals surface area contributed by atoms with Crippen LogP contribution in [0.5, 0.6) is 0 Å². The van der Waals surface area contributed by atoms with Crippen molar-refractivity contribution in [2.24, 2.45) is 5.92 Å². The van der Waals surface area contributed by atoms with Crippen molar-refractivity contribution < 1.29 is 4.39 Å². The van der Waals surface area contributed by atoms with E-state index < -0.39 is 0 Å². The summed E-state index contributed by atoms with van der Waals surface area (Å²) >= 11 is 1.72. The smallest absolute Gasteiger partial charge is 0.142 e. The molecule has 1 nitrogen and oxygen atoms in total. The minimum Gasteiger partial charge on any atom is -0.261 e. The van der Waals surface area contributed by atoms with Gasteiger partial charge in [-0.1, -0.05) is 6.42 Å². The van der Waals surface area contributed by atoms with Crippen LogP contribution in [0.25, 0.3) is 0 Å². The van der Waals surface area contributed by atoms with Crippen LogP contribution >= 0.6 is 11.8 Å². The maximum Gasteiger partial charge on any atom is 0.142 e. The van der Waals surface area contributed by atoms with Crippen molar-refractivity contribution in [2.75, 3.05) is 5.75 Å². The molecule has 0 bridgehead atoms. The van der Waals surface area contributed by atoms with E-state index in [9.17, 15) is 4.39 Å². The van der Waals surface area contributed by atoms with Crippen molar-refractivity contribution in [1.82, 2.24) is 4.98 Å². The van der Waals surface area contributed by atoms with Gasteiger partial charge in [-0.15, -0.1) is 11.8 Å². The van der Waals surface area contributed by atoms with E-state index in [4.69, 9.17) is 0 Å². The average Bonchev–Trinajstić information content (AvgIpc) is 2.01. The first-order chi connectivity index (χ1) is 6.34. The van der Waals surface area contributed by atoms with Crippen LogP contribution in [0, 0.1) is 11.7 Å². The van der Waals surface area contributed by atoms with Crippen LogP contribution in [0.2, 0.25) is 0 Å². The molecule has 0 saturated heterocycles. The highest BCUT2D eigenvalue weighted by Crippen LogP contribution is 2.32. The van der Waals surface area contributed by atoms with Crippen LogP contribution in [0.15, 0.2) is 23.4 Å². The largest absolute Gasteiger partial charge is 0.261 e. The van der Waals surface area contributed by atoms with E-state index in [0.717, 1.165) is 16.6 Å². The fourth-order valence-corrected chi connectivity index (χ4v) is 2.44. The summed E-state index contributed by atoms with van der Waals surface area (Å²) in [4.78, 5) is 4.76. The molecule has 1 aliphatic rings. The summed E-state index contributed by atoms with van der Waals surface area (Å²) in [6.45, 7) is 0. The van der Waals surface area contributed by atoms with E-state index in [2.05, 4.69) is 4.98 Å². The van der Waals surface area contributed by atoms with E-state index in [0.29, 0.717) is 0 Å². The zero-order valence-electron chi connectivity index (χ0n) is 7.37. The van der Waals surface area contributed by atoms with Crippen molar-refractivity contribution >= 4 is 11.8 Å². The van der Waals surface area contributed by atoms with Gasteiger partial charge in [-0.25, -0.2) is 4.39 Å². The molecule has 13 heavy (non-hydrogen) atoms. The molecule has 3 heteroatoms. The molecule has 1 aliphatic carbocycles. The number of halogens is 1. The Morgan fingerprint density at radius 2 is 2.31 bits per heavy atom. The highest BCUT2D eigenvalue weighted by atomic mass is 32.2. The quantitative estimate of drug-likeness (QED) is 0.690. The average molecular weight is 197 g/mol. The van der Waals surface area contributed by atoms with E-state index in [1.54, 1.807) is 24.0 Å². The molecule has 0 aliphatic heterocycles. The number of pyridine rings is 1. The summed E-state index contributed by atoms with van der Waals surface area (Å²) in [6, 6.07) is 1.55. The number of rotatable bonds is 3. The molecule has 0 N–H and O–H groups in total. The lowest BCUT2D eigenvalue weighted by Crippen LogP contribution is -2.13. The SMILES string of the molecule is Fc1cncc(SCC2CCC2)c1. The van der Waals surface area contributed by atoms with E-state index in [1.165, 1.54) is 25.5 Å². The summed E-state index contributed by atoms with van der Waals surface area (Å²) < 4.78 is 12.7. The van der Waals surface area contributed by atoms with Crippen molar-refractivity contribution in [3.63, 3.8) is 0 Å². The van der Waals surface area contributed by atoms with Crippen LogP contribution in [-0.4, -0.2) is 10.7 Å². The minimum absolute atomic E-state index is 0.237. The molecular weight excluding hydrogens is 185 g/mol. The van der Waals surface area contributed by atoms with E-state index in [-0.39, 0.29) is 5.82 Å². The second kappa shape index (κ2) is 4.09. The van der Waals surface area contributed by atoms with E-state index in [1.807, 2.05) is 0 Å². The Bertz CT molecular complexity index is 286. The fourth-order valence-electron chi connectivity index (χ4n) is 1.34. The first-order valence-corrected chi connectivity index (χ1v) is 5.56. The summed E-state index contributed by atoms with van der Waals surface area (Å²) in [5.41, 5.74) is 0. The molecule has 0 aromatic carbocycles. The van der Waals surface area contributed by atoms with Gasteiger partial charge < -0.3 is 0 Å². The Morgan fingerprint density at radius 1 is 1.46 bits per heavy atom. The normalized spacial score (nSPS) is 17.0. The lowest BCUT2D eigenvalue weighted by Gasteiger charge is -2.24. The Balaban J connectivity index is 1.86. The molecule has 1 aromatic heterocycles. The Labute approximate surface area is 81.8 Å². The van der Waals surface area contributed by atoms with Gasteiger partial charge in [0.1, 0.15) is 5.82 Å². The van der Waals surface area contributed by atoms with E-state index >= 15 is 0 Å². The molecule has 1 heterocycles. The molecule has 70 valence electrons. The molecule has 1 saturated carbocycles. The third kappa shape index (κ3) is 2.44.